The van der Waals surface area contributed by atoms with Gasteiger partial charge in [-0.1, -0.05) is 19.1 Å². The van der Waals surface area contributed by atoms with Crippen molar-refractivity contribution in [3.63, 3.8) is 0 Å². The SMILES string of the molecule is CCS(=O)CCC(=O)Nc1ccc(CN)cc1. The molecule has 0 aromatic heterocycles. The third kappa shape index (κ3) is 5.10. The van der Waals surface area contributed by atoms with E-state index in [1.165, 1.54) is 0 Å². The number of hydrogen-bond donors (Lipinski definition) is 2. The highest BCUT2D eigenvalue weighted by Crippen LogP contribution is 2.09. The summed E-state index contributed by atoms with van der Waals surface area (Å²) >= 11 is 0. The van der Waals surface area contributed by atoms with Crippen LogP contribution in [0.1, 0.15) is 18.9 Å². The number of amides is 1. The van der Waals surface area contributed by atoms with Crippen molar-refractivity contribution in [2.75, 3.05) is 16.8 Å². The zero-order valence-corrected chi connectivity index (χ0v) is 10.8. The van der Waals surface area contributed by atoms with Crippen LogP contribution in [0.4, 0.5) is 5.69 Å². The lowest BCUT2D eigenvalue weighted by Crippen LogP contribution is -2.15. The van der Waals surface area contributed by atoms with Crippen LogP contribution in [-0.2, 0) is 22.1 Å². The maximum absolute atomic E-state index is 11.5. The fourth-order valence-electron chi connectivity index (χ4n) is 1.30. The predicted molar refractivity (Wildman–Crippen MR) is 71.1 cm³/mol. The molecule has 1 unspecified atom stereocenters. The second kappa shape index (κ2) is 7.19. The number of carbonyl (C=O) groups excluding carboxylic acids is 1. The molecule has 94 valence electrons. The van der Waals surface area contributed by atoms with Gasteiger partial charge in [0.1, 0.15) is 0 Å². The Hall–Kier alpha value is -1.20. The van der Waals surface area contributed by atoms with E-state index in [1.807, 2.05) is 31.2 Å². The molecule has 1 atom stereocenters. The summed E-state index contributed by atoms with van der Waals surface area (Å²) in [5.41, 5.74) is 7.24. The van der Waals surface area contributed by atoms with E-state index in [0.29, 0.717) is 24.5 Å². The minimum absolute atomic E-state index is 0.104. The summed E-state index contributed by atoms with van der Waals surface area (Å²) in [6, 6.07) is 7.38. The largest absolute Gasteiger partial charge is 0.326 e. The normalized spacial score (nSPS) is 12.1. The molecule has 0 aliphatic heterocycles. The van der Waals surface area contributed by atoms with Gasteiger partial charge in [-0.2, -0.15) is 0 Å². The fraction of sp³-hybridized carbons (Fsp3) is 0.417. The summed E-state index contributed by atoms with van der Waals surface area (Å²) in [6.07, 6.45) is 0.291. The Morgan fingerprint density at radius 3 is 2.53 bits per heavy atom. The van der Waals surface area contributed by atoms with Gasteiger partial charge in [-0.15, -0.1) is 0 Å². The Labute approximate surface area is 104 Å². The average Bonchev–Trinajstić information content (AvgIpc) is 2.36. The van der Waals surface area contributed by atoms with Crippen LogP contribution in [0.5, 0.6) is 0 Å². The number of nitrogens with one attached hydrogen (secondary N) is 1. The van der Waals surface area contributed by atoms with Crippen molar-refractivity contribution in [2.45, 2.75) is 19.9 Å². The molecule has 0 fully saturated rings. The molecule has 4 nitrogen and oxygen atoms in total. The number of nitrogens with two attached hydrogens (primary N) is 1. The van der Waals surface area contributed by atoms with E-state index in [9.17, 15) is 9.00 Å². The average molecular weight is 254 g/mol. The smallest absolute Gasteiger partial charge is 0.225 e. The van der Waals surface area contributed by atoms with E-state index in [-0.39, 0.29) is 5.91 Å². The van der Waals surface area contributed by atoms with Gasteiger partial charge in [0.15, 0.2) is 0 Å². The molecule has 1 rings (SSSR count). The molecule has 0 radical (unpaired) electrons. The standard InChI is InChI=1S/C12H18N2O2S/c1-2-17(16)8-7-12(15)14-11-5-3-10(9-13)4-6-11/h3-6H,2,7-9,13H2,1H3,(H,14,15). The van der Waals surface area contributed by atoms with Gasteiger partial charge in [0.05, 0.1) is 0 Å². The van der Waals surface area contributed by atoms with Crippen molar-refractivity contribution in [1.82, 2.24) is 0 Å². The van der Waals surface area contributed by atoms with Gasteiger partial charge in [0, 0.05) is 41.0 Å². The molecule has 1 amide bonds. The Morgan fingerprint density at radius 1 is 1.35 bits per heavy atom. The molecule has 0 spiro atoms. The molecule has 1 aromatic carbocycles. The number of carbonyl (C=O) groups is 1. The van der Waals surface area contributed by atoms with Crippen LogP contribution in [0.25, 0.3) is 0 Å². The van der Waals surface area contributed by atoms with Crippen LogP contribution in [-0.4, -0.2) is 21.6 Å². The van der Waals surface area contributed by atoms with Gasteiger partial charge >= 0.3 is 0 Å². The fourth-order valence-corrected chi connectivity index (χ4v) is 2.00. The first-order valence-corrected chi connectivity index (χ1v) is 7.08. The first-order valence-electron chi connectivity index (χ1n) is 5.59. The van der Waals surface area contributed by atoms with Crippen molar-refractivity contribution >= 4 is 22.4 Å². The van der Waals surface area contributed by atoms with Crippen molar-refractivity contribution in [1.29, 1.82) is 0 Å². The highest BCUT2D eigenvalue weighted by atomic mass is 32.2. The number of rotatable bonds is 6. The van der Waals surface area contributed by atoms with Gasteiger partial charge in [-0.3, -0.25) is 9.00 Å². The van der Waals surface area contributed by atoms with Crippen molar-refractivity contribution in [2.24, 2.45) is 5.73 Å². The van der Waals surface area contributed by atoms with Gasteiger partial charge in [0.2, 0.25) is 5.91 Å². The Bertz CT molecular complexity index is 390. The second-order valence-electron chi connectivity index (χ2n) is 3.63. The Kier molecular flexibility index (Phi) is 5.86. The lowest BCUT2D eigenvalue weighted by molar-refractivity contribution is -0.115. The van der Waals surface area contributed by atoms with E-state index in [0.717, 1.165) is 11.3 Å². The maximum Gasteiger partial charge on any atom is 0.225 e. The van der Waals surface area contributed by atoms with Crippen LogP contribution < -0.4 is 11.1 Å². The van der Waals surface area contributed by atoms with E-state index in [4.69, 9.17) is 5.73 Å². The molecule has 0 aliphatic carbocycles. The van der Waals surface area contributed by atoms with E-state index < -0.39 is 10.8 Å². The van der Waals surface area contributed by atoms with Crippen molar-refractivity contribution in [3.05, 3.63) is 29.8 Å². The summed E-state index contributed by atoms with van der Waals surface area (Å²) in [6.45, 7) is 2.34. The predicted octanol–water partition coefficient (Wildman–Crippen LogP) is 1.24. The first kappa shape index (κ1) is 13.9. The van der Waals surface area contributed by atoms with Crippen LogP contribution >= 0.6 is 0 Å². The maximum atomic E-state index is 11.5. The lowest BCUT2D eigenvalue weighted by atomic mass is 10.2. The summed E-state index contributed by atoms with van der Waals surface area (Å²) in [5.74, 6) is 0.911. The first-order chi connectivity index (χ1) is 8.15. The molecule has 0 bridgehead atoms. The molecule has 0 saturated carbocycles. The molecule has 0 heterocycles. The molecular formula is C12H18N2O2S. The van der Waals surface area contributed by atoms with Gasteiger partial charge in [0.25, 0.3) is 0 Å². The molecule has 0 saturated heterocycles. The Morgan fingerprint density at radius 2 is 2.00 bits per heavy atom. The Balaban J connectivity index is 2.42. The number of anilines is 1. The van der Waals surface area contributed by atoms with Crippen molar-refractivity contribution in [3.8, 4) is 0 Å². The van der Waals surface area contributed by atoms with E-state index >= 15 is 0 Å². The van der Waals surface area contributed by atoms with E-state index in [2.05, 4.69) is 5.32 Å². The molecular weight excluding hydrogens is 236 g/mol. The highest BCUT2D eigenvalue weighted by molar-refractivity contribution is 7.84. The van der Waals surface area contributed by atoms with Gasteiger partial charge in [-0.05, 0) is 17.7 Å². The minimum atomic E-state index is -0.888. The molecule has 17 heavy (non-hydrogen) atoms. The number of hydrogen-bond acceptors (Lipinski definition) is 3. The zero-order chi connectivity index (χ0) is 12.7. The van der Waals surface area contributed by atoms with Crippen molar-refractivity contribution < 1.29 is 9.00 Å². The quantitative estimate of drug-likeness (QED) is 0.802. The van der Waals surface area contributed by atoms with Crippen LogP contribution in [0.15, 0.2) is 24.3 Å². The van der Waals surface area contributed by atoms with Gasteiger partial charge < -0.3 is 11.1 Å². The second-order valence-corrected chi connectivity index (χ2v) is 5.50. The highest BCUT2D eigenvalue weighted by Gasteiger charge is 2.04. The van der Waals surface area contributed by atoms with Crippen LogP contribution in [0, 0.1) is 0 Å². The summed E-state index contributed by atoms with van der Waals surface area (Å²) < 4.78 is 11.2. The summed E-state index contributed by atoms with van der Waals surface area (Å²) in [5, 5.41) is 2.76. The number of benzene rings is 1. The van der Waals surface area contributed by atoms with Crippen LogP contribution in [0.3, 0.4) is 0 Å². The minimum Gasteiger partial charge on any atom is -0.326 e. The molecule has 5 heteroatoms. The third-order valence-corrected chi connectivity index (χ3v) is 3.66. The molecule has 1 aromatic rings. The van der Waals surface area contributed by atoms with E-state index in [1.54, 1.807) is 0 Å². The monoisotopic (exact) mass is 254 g/mol. The lowest BCUT2D eigenvalue weighted by Gasteiger charge is -2.05. The van der Waals surface area contributed by atoms with Crippen LogP contribution in [0.2, 0.25) is 0 Å². The summed E-state index contributed by atoms with van der Waals surface area (Å²) in [7, 11) is -0.888. The summed E-state index contributed by atoms with van der Waals surface area (Å²) in [4.78, 5) is 11.5. The topological polar surface area (TPSA) is 72.2 Å². The zero-order valence-electron chi connectivity index (χ0n) is 9.94. The van der Waals surface area contributed by atoms with Gasteiger partial charge in [-0.25, -0.2) is 0 Å². The molecule has 3 N–H and O–H groups in total. The molecule has 0 aliphatic rings. The third-order valence-electron chi connectivity index (χ3n) is 2.35.